The molecule has 0 aliphatic rings. The van der Waals surface area contributed by atoms with Gasteiger partial charge in [0, 0.05) is 18.0 Å². The largest absolute Gasteiger partial charge is 0.497 e. The molecule has 0 amide bonds. The Bertz CT molecular complexity index is 945. The highest BCUT2D eigenvalue weighted by molar-refractivity contribution is 7.92. The molecule has 0 aliphatic carbocycles. The summed E-state index contributed by atoms with van der Waals surface area (Å²) in [5.74, 6) is 0.377. The average Bonchev–Trinajstić information content (AvgIpc) is 2.72. The summed E-state index contributed by atoms with van der Waals surface area (Å²) in [6.45, 7) is 1.48. The van der Waals surface area contributed by atoms with Crippen molar-refractivity contribution in [2.24, 2.45) is 0 Å². The van der Waals surface area contributed by atoms with E-state index in [4.69, 9.17) is 9.47 Å². The lowest BCUT2D eigenvalue weighted by molar-refractivity contribution is -0.140. The van der Waals surface area contributed by atoms with E-state index in [1.54, 1.807) is 18.2 Å². The van der Waals surface area contributed by atoms with Crippen LogP contribution in [0, 0.1) is 6.92 Å². The third kappa shape index (κ3) is 6.62. The number of carbonyl (C=O) groups is 1. The van der Waals surface area contributed by atoms with E-state index in [1.807, 2.05) is 31.2 Å². The van der Waals surface area contributed by atoms with Gasteiger partial charge in [0.2, 0.25) is 10.0 Å². The summed E-state index contributed by atoms with van der Waals surface area (Å²) in [7, 11) is 0.321. The van der Waals surface area contributed by atoms with E-state index >= 15 is 0 Å². The topological polar surface area (TPSA) is 82.1 Å². The third-order valence-corrected chi connectivity index (χ3v) is 5.63. The summed E-state index contributed by atoms with van der Waals surface area (Å²) in [5, 5.41) is 1.08. The fourth-order valence-electron chi connectivity index (χ4n) is 2.53. The minimum Gasteiger partial charge on any atom is -0.497 e. The maximum absolute atomic E-state index is 12.9. The standard InChI is InChI=1S/C21H25NO6S/c1-16-5-7-17(8-6-16)9-10-29(24,25)22(15-21(23)28-4)14-18-11-19(26-2)13-20(12-18)27-3/h5-13H,14-15H2,1-4H3/b10-9+. The van der Waals surface area contributed by atoms with Crippen molar-refractivity contribution in [1.29, 1.82) is 0 Å². The molecular weight excluding hydrogens is 394 g/mol. The number of methoxy groups -OCH3 is 3. The molecule has 156 valence electrons. The first-order valence-electron chi connectivity index (χ1n) is 8.81. The van der Waals surface area contributed by atoms with Crippen molar-refractivity contribution < 1.29 is 27.4 Å². The summed E-state index contributed by atoms with van der Waals surface area (Å²) < 4.78 is 42.0. The first-order valence-corrected chi connectivity index (χ1v) is 10.3. The summed E-state index contributed by atoms with van der Waals surface area (Å²) in [6.07, 6.45) is 1.49. The molecule has 0 atom stereocenters. The minimum absolute atomic E-state index is 0.0524. The highest BCUT2D eigenvalue weighted by atomic mass is 32.2. The predicted molar refractivity (Wildman–Crippen MR) is 111 cm³/mol. The number of nitrogens with zero attached hydrogens (tertiary/aromatic N) is 1. The smallest absolute Gasteiger partial charge is 0.321 e. The van der Waals surface area contributed by atoms with Gasteiger partial charge in [0.25, 0.3) is 0 Å². The lowest BCUT2D eigenvalue weighted by atomic mass is 10.2. The highest BCUT2D eigenvalue weighted by Gasteiger charge is 2.23. The molecule has 0 spiro atoms. The van der Waals surface area contributed by atoms with Gasteiger partial charge in [-0.05, 0) is 36.3 Å². The quantitative estimate of drug-likeness (QED) is 0.581. The molecule has 0 heterocycles. The second-order valence-electron chi connectivity index (χ2n) is 6.32. The molecule has 7 nitrogen and oxygen atoms in total. The second kappa shape index (κ2) is 10.1. The van der Waals surface area contributed by atoms with E-state index < -0.39 is 22.5 Å². The molecule has 0 saturated heterocycles. The Kier molecular flexibility index (Phi) is 7.81. The Hall–Kier alpha value is -2.84. The molecule has 29 heavy (non-hydrogen) atoms. The minimum atomic E-state index is -3.90. The number of carbonyl (C=O) groups excluding carboxylic acids is 1. The van der Waals surface area contributed by atoms with Crippen molar-refractivity contribution in [2.75, 3.05) is 27.9 Å². The Balaban J connectivity index is 2.33. The zero-order valence-electron chi connectivity index (χ0n) is 16.9. The molecule has 0 unspecified atom stereocenters. The monoisotopic (exact) mass is 419 g/mol. The second-order valence-corrected chi connectivity index (χ2v) is 8.14. The molecule has 2 aromatic carbocycles. The van der Waals surface area contributed by atoms with E-state index in [0.717, 1.165) is 20.8 Å². The first-order chi connectivity index (χ1) is 13.8. The Morgan fingerprint density at radius 2 is 1.59 bits per heavy atom. The first kappa shape index (κ1) is 22.4. The van der Waals surface area contributed by atoms with E-state index in [0.29, 0.717) is 17.1 Å². The van der Waals surface area contributed by atoms with E-state index in [1.165, 1.54) is 27.4 Å². The van der Waals surface area contributed by atoms with Crippen LogP contribution in [0.4, 0.5) is 0 Å². The van der Waals surface area contributed by atoms with Crippen LogP contribution in [0.2, 0.25) is 0 Å². The van der Waals surface area contributed by atoms with Gasteiger partial charge in [-0.2, -0.15) is 4.31 Å². The number of benzene rings is 2. The molecule has 2 aromatic rings. The number of rotatable bonds is 9. The zero-order valence-corrected chi connectivity index (χ0v) is 17.7. The van der Waals surface area contributed by atoms with Gasteiger partial charge in [-0.25, -0.2) is 8.42 Å². The van der Waals surface area contributed by atoms with Crippen LogP contribution in [0.1, 0.15) is 16.7 Å². The average molecular weight is 419 g/mol. The lowest BCUT2D eigenvalue weighted by Crippen LogP contribution is -2.34. The summed E-state index contributed by atoms with van der Waals surface area (Å²) in [4.78, 5) is 11.8. The Labute approximate surface area is 171 Å². The van der Waals surface area contributed by atoms with Crippen LogP contribution in [0.25, 0.3) is 6.08 Å². The van der Waals surface area contributed by atoms with Crippen molar-refractivity contribution in [3.8, 4) is 11.5 Å². The maximum Gasteiger partial charge on any atom is 0.321 e. The van der Waals surface area contributed by atoms with Crippen molar-refractivity contribution in [3.63, 3.8) is 0 Å². The molecule has 0 N–H and O–H groups in total. The summed E-state index contributed by atoms with van der Waals surface area (Å²) >= 11 is 0. The van der Waals surface area contributed by atoms with Gasteiger partial charge in [0.1, 0.15) is 18.0 Å². The van der Waals surface area contributed by atoms with Crippen LogP contribution < -0.4 is 9.47 Å². The zero-order chi connectivity index (χ0) is 21.4. The van der Waals surface area contributed by atoms with Gasteiger partial charge in [-0.3, -0.25) is 4.79 Å². The normalized spacial score (nSPS) is 11.6. The molecule has 8 heteroatoms. The number of aryl methyl sites for hydroxylation is 1. The fraction of sp³-hybridized carbons (Fsp3) is 0.286. The molecule has 0 aromatic heterocycles. The van der Waals surface area contributed by atoms with Gasteiger partial charge in [0.15, 0.2) is 0 Å². The fourth-order valence-corrected chi connectivity index (χ4v) is 3.65. The van der Waals surface area contributed by atoms with Crippen LogP contribution in [0.5, 0.6) is 11.5 Å². The van der Waals surface area contributed by atoms with Gasteiger partial charge in [0.05, 0.1) is 21.3 Å². The van der Waals surface area contributed by atoms with Crippen molar-refractivity contribution >= 4 is 22.1 Å². The molecule has 2 rings (SSSR count). The molecular formula is C21H25NO6S. The van der Waals surface area contributed by atoms with Crippen molar-refractivity contribution in [1.82, 2.24) is 4.31 Å². The predicted octanol–water partition coefficient (Wildman–Crippen LogP) is 2.99. The van der Waals surface area contributed by atoms with E-state index in [2.05, 4.69) is 4.74 Å². The SMILES string of the molecule is COC(=O)CN(Cc1cc(OC)cc(OC)c1)S(=O)(=O)/C=C/c1ccc(C)cc1. The van der Waals surface area contributed by atoms with Gasteiger partial charge >= 0.3 is 5.97 Å². The molecule has 0 radical (unpaired) electrons. The van der Waals surface area contributed by atoms with Crippen LogP contribution in [-0.2, 0) is 26.1 Å². The van der Waals surface area contributed by atoms with Crippen LogP contribution in [0.3, 0.4) is 0 Å². The number of hydrogen-bond donors (Lipinski definition) is 0. The summed E-state index contributed by atoms with van der Waals surface area (Å²) in [5.41, 5.74) is 2.42. The molecule has 0 saturated carbocycles. The highest BCUT2D eigenvalue weighted by Crippen LogP contribution is 2.24. The number of esters is 1. The van der Waals surface area contributed by atoms with E-state index in [9.17, 15) is 13.2 Å². The van der Waals surface area contributed by atoms with Gasteiger partial charge in [-0.1, -0.05) is 29.8 Å². The molecule has 0 aliphatic heterocycles. The third-order valence-electron chi connectivity index (χ3n) is 4.17. The Morgan fingerprint density at radius 3 is 2.10 bits per heavy atom. The maximum atomic E-state index is 12.9. The lowest BCUT2D eigenvalue weighted by Gasteiger charge is -2.20. The van der Waals surface area contributed by atoms with Crippen molar-refractivity contribution in [2.45, 2.75) is 13.5 Å². The van der Waals surface area contributed by atoms with Crippen LogP contribution in [0.15, 0.2) is 47.9 Å². The summed E-state index contributed by atoms with van der Waals surface area (Å²) in [6, 6.07) is 12.5. The van der Waals surface area contributed by atoms with Crippen LogP contribution in [-0.4, -0.2) is 46.6 Å². The van der Waals surface area contributed by atoms with Gasteiger partial charge < -0.3 is 14.2 Å². The molecule has 0 fully saturated rings. The van der Waals surface area contributed by atoms with Gasteiger partial charge in [-0.15, -0.1) is 0 Å². The van der Waals surface area contributed by atoms with E-state index in [-0.39, 0.29) is 6.54 Å². The number of hydrogen-bond acceptors (Lipinski definition) is 6. The number of ether oxygens (including phenoxy) is 3. The molecule has 0 bridgehead atoms. The number of sulfonamides is 1. The van der Waals surface area contributed by atoms with Crippen LogP contribution >= 0.6 is 0 Å². The Morgan fingerprint density at radius 1 is 1.00 bits per heavy atom. The van der Waals surface area contributed by atoms with Crippen molar-refractivity contribution in [3.05, 3.63) is 64.6 Å².